The first-order chi connectivity index (χ1) is 11.9. The SMILES string of the molecule is CCOC(=O)C(C)(C)C(O)C(Oc1ccc(C#N)cc1)n1cncn1. The quantitative estimate of drug-likeness (QED) is 0.761. The van der Waals surface area contributed by atoms with Crippen LogP contribution in [0.4, 0.5) is 0 Å². The van der Waals surface area contributed by atoms with Crippen LogP contribution in [0, 0.1) is 16.7 Å². The largest absolute Gasteiger partial charge is 0.466 e. The van der Waals surface area contributed by atoms with E-state index in [-0.39, 0.29) is 6.61 Å². The van der Waals surface area contributed by atoms with Crippen LogP contribution in [0.5, 0.6) is 5.75 Å². The number of rotatable bonds is 7. The van der Waals surface area contributed by atoms with Gasteiger partial charge < -0.3 is 14.6 Å². The standard InChI is InChI=1S/C17H20N4O4/c1-4-24-16(23)17(2,3)14(22)15(21-11-19-10-20-21)25-13-7-5-12(9-18)6-8-13/h5-8,10-11,14-15,22H,4H2,1-3H3. The number of carbonyl (C=O) groups is 1. The van der Waals surface area contributed by atoms with Crippen molar-refractivity contribution in [2.75, 3.05) is 6.61 Å². The van der Waals surface area contributed by atoms with Crippen molar-refractivity contribution in [1.82, 2.24) is 14.8 Å². The number of benzene rings is 1. The van der Waals surface area contributed by atoms with Crippen molar-refractivity contribution in [3.05, 3.63) is 42.5 Å². The maximum Gasteiger partial charge on any atom is 0.314 e. The summed E-state index contributed by atoms with van der Waals surface area (Å²) in [6, 6.07) is 8.41. The van der Waals surface area contributed by atoms with Gasteiger partial charge in [-0.05, 0) is 45.0 Å². The topological polar surface area (TPSA) is 110 Å². The van der Waals surface area contributed by atoms with E-state index in [4.69, 9.17) is 14.7 Å². The zero-order chi connectivity index (χ0) is 18.4. The van der Waals surface area contributed by atoms with Crippen LogP contribution in [0.3, 0.4) is 0 Å². The minimum Gasteiger partial charge on any atom is -0.466 e. The predicted molar refractivity (Wildman–Crippen MR) is 87.3 cm³/mol. The minimum atomic E-state index is -1.26. The van der Waals surface area contributed by atoms with Gasteiger partial charge in [-0.25, -0.2) is 9.67 Å². The Hall–Kier alpha value is -2.92. The molecule has 2 aromatic rings. The van der Waals surface area contributed by atoms with Gasteiger partial charge in [0, 0.05) is 0 Å². The van der Waals surface area contributed by atoms with E-state index in [1.807, 2.05) is 6.07 Å². The van der Waals surface area contributed by atoms with Crippen LogP contribution in [0.2, 0.25) is 0 Å². The van der Waals surface area contributed by atoms with Crippen LogP contribution < -0.4 is 4.74 Å². The van der Waals surface area contributed by atoms with E-state index in [2.05, 4.69) is 10.1 Å². The normalized spacial score (nSPS) is 13.6. The van der Waals surface area contributed by atoms with Gasteiger partial charge in [-0.15, -0.1) is 0 Å². The molecule has 0 aliphatic rings. The maximum atomic E-state index is 12.2. The van der Waals surface area contributed by atoms with Crippen molar-refractivity contribution in [3.8, 4) is 11.8 Å². The highest BCUT2D eigenvalue weighted by atomic mass is 16.5. The van der Waals surface area contributed by atoms with Crippen LogP contribution in [-0.2, 0) is 9.53 Å². The summed E-state index contributed by atoms with van der Waals surface area (Å²) >= 11 is 0. The molecule has 8 nitrogen and oxygen atoms in total. The molecular weight excluding hydrogens is 324 g/mol. The van der Waals surface area contributed by atoms with E-state index >= 15 is 0 Å². The first-order valence-corrected chi connectivity index (χ1v) is 7.76. The molecule has 0 saturated heterocycles. The lowest BCUT2D eigenvalue weighted by molar-refractivity contribution is -0.168. The monoisotopic (exact) mass is 344 g/mol. The molecule has 1 aromatic carbocycles. The third-order valence-corrected chi connectivity index (χ3v) is 3.75. The van der Waals surface area contributed by atoms with Crippen LogP contribution >= 0.6 is 0 Å². The third-order valence-electron chi connectivity index (χ3n) is 3.75. The first-order valence-electron chi connectivity index (χ1n) is 7.76. The zero-order valence-electron chi connectivity index (χ0n) is 14.3. The summed E-state index contributed by atoms with van der Waals surface area (Å²) in [6.45, 7) is 5.05. The second-order valence-electron chi connectivity index (χ2n) is 5.91. The molecule has 0 radical (unpaired) electrons. The lowest BCUT2D eigenvalue weighted by atomic mass is 9.85. The summed E-state index contributed by atoms with van der Waals surface area (Å²) in [5.41, 5.74) is -0.753. The van der Waals surface area contributed by atoms with Crippen molar-refractivity contribution in [2.45, 2.75) is 33.1 Å². The van der Waals surface area contributed by atoms with E-state index in [0.717, 1.165) is 0 Å². The maximum absolute atomic E-state index is 12.2. The van der Waals surface area contributed by atoms with E-state index in [1.165, 1.54) is 17.3 Å². The first kappa shape index (κ1) is 18.4. The number of aliphatic hydroxyl groups excluding tert-OH is 1. The van der Waals surface area contributed by atoms with Gasteiger partial charge in [0.15, 0.2) is 0 Å². The van der Waals surface area contributed by atoms with Gasteiger partial charge in [-0.3, -0.25) is 4.79 Å². The lowest BCUT2D eigenvalue weighted by Gasteiger charge is -2.33. The number of aliphatic hydroxyl groups is 1. The Morgan fingerprint density at radius 2 is 2.08 bits per heavy atom. The highest BCUT2D eigenvalue weighted by Gasteiger charge is 2.44. The number of ether oxygens (including phenoxy) is 2. The number of esters is 1. The number of nitriles is 1. The number of nitrogens with zero attached hydrogens (tertiary/aromatic N) is 4. The number of hydrogen-bond acceptors (Lipinski definition) is 7. The molecule has 1 heterocycles. The minimum absolute atomic E-state index is 0.208. The summed E-state index contributed by atoms with van der Waals surface area (Å²) in [5, 5.41) is 23.7. The fraction of sp³-hybridized carbons (Fsp3) is 0.412. The molecule has 132 valence electrons. The Kier molecular flexibility index (Phi) is 5.72. The number of hydrogen-bond donors (Lipinski definition) is 1. The van der Waals surface area contributed by atoms with Crippen molar-refractivity contribution in [3.63, 3.8) is 0 Å². The summed E-state index contributed by atoms with van der Waals surface area (Å²) in [6.07, 6.45) is 0.427. The van der Waals surface area contributed by atoms with Gasteiger partial charge in [0.25, 0.3) is 0 Å². The molecule has 1 N–H and O–H groups in total. The molecule has 25 heavy (non-hydrogen) atoms. The second-order valence-corrected chi connectivity index (χ2v) is 5.91. The van der Waals surface area contributed by atoms with E-state index in [0.29, 0.717) is 11.3 Å². The van der Waals surface area contributed by atoms with Crippen molar-refractivity contribution < 1.29 is 19.4 Å². The van der Waals surface area contributed by atoms with Crippen LogP contribution in [0.1, 0.15) is 32.6 Å². The molecular formula is C17H20N4O4. The molecule has 8 heteroatoms. The molecule has 0 bridgehead atoms. The average Bonchev–Trinajstić information content (AvgIpc) is 3.14. The molecule has 0 saturated carbocycles. The van der Waals surface area contributed by atoms with Crippen LogP contribution in [0.25, 0.3) is 0 Å². The molecule has 2 unspecified atom stereocenters. The number of aromatic nitrogens is 3. The van der Waals surface area contributed by atoms with Crippen molar-refractivity contribution >= 4 is 5.97 Å². The van der Waals surface area contributed by atoms with Crippen molar-refractivity contribution in [1.29, 1.82) is 5.26 Å². The molecule has 2 atom stereocenters. The highest BCUT2D eigenvalue weighted by Crippen LogP contribution is 2.32. The van der Waals surface area contributed by atoms with Gasteiger partial charge in [-0.1, -0.05) is 0 Å². The Labute approximate surface area is 145 Å². The third kappa shape index (κ3) is 4.14. The Balaban J connectivity index is 2.29. The van der Waals surface area contributed by atoms with Gasteiger partial charge in [0.05, 0.1) is 23.7 Å². The van der Waals surface area contributed by atoms with E-state index in [9.17, 15) is 9.90 Å². The van der Waals surface area contributed by atoms with Gasteiger partial charge in [0.2, 0.25) is 6.23 Å². The molecule has 0 fully saturated rings. The molecule has 0 aliphatic carbocycles. The van der Waals surface area contributed by atoms with Gasteiger partial charge in [0.1, 0.15) is 24.5 Å². The van der Waals surface area contributed by atoms with Crippen LogP contribution in [-0.4, -0.2) is 38.6 Å². The fourth-order valence-electron chi connectivity index (χ4n) is 2.15. The lowest BCUT2D eigenvalue weighted by Crippen LogP contribution is -2.45. The van der Waals surface area contributed by atoms with E-state index in [1.54, 1.807) is 45.0 Å². The summed E-state index contributed by atoms with van der Waals surface area (Å²) < 4.78 is 12.2. The summed E-state index contributed by atoms with van der Waals surface area (Å²) in [4.78, 5) is 16.1. The highest BCUT2D eigenvalue weighted by molar-refractivity contribution is 5.76. The Morgan fingerprint density at radius 3 is 2.60 bits per heavy atom. The fourth-order valence-corrected chi connectivity index (χ4v) is 2.15. The smallest absolute Gasteiger partial charge is 0.314 e. The molecule has 2 rings (SSSR count). The molecule has 0 spiro atoms. The number of carbonyl (C=O) groups excluding carboxylic acids is 1. The molecule has 0 aliphatic heterocycles. The summed E-state index contributed by atoms with van der Waals surface area (Å²) in [5.74, 6) is -0.130. The molecule has 1 aromatic heterocycles. The van der Waals surface area contributed by atoms with Crippen LogP contribution in [0.15, 0.2) is 36.9 Å². The predicted octanol–water partition coefficient (Wildman–Crippen LogP) is 1.68. The summed E-state index contributed by atoms with van der Waals surface area (Å²) in [7, 11) is 0. The molecule has 0 amide bonds. The second kappa shape index (κ2) is 7.77. The van der Waals surface area contributed by atoms with Gasteiger partial charge in [-0.2, -0.15) is 10.4 Å². The van der Waals surface area contributed by atoms with E-state index < -0.39 is 23.7 Å². The Morgan fingerprint density at radius 1 is 1.40 bits per heavy atom. The average molecular weight is 344 g/mol. The van der Waals surface area contributed by atoms with Gasteiger partial charge >= 0.3 is 5.97 Å². The van der Waals surface area contributed by atoms with Crippen molar-refractivity contribution in [2.24, 2.45) is 5.41 Å². The zero-order valence-corrected chi connectivity index (χ0v) is 14.3. The Bertz CT molecular complexity index is 735.